The van der Waals surface area contributed by atoms with Crippen molar-refractivity contribution in [3.8, 4) is 0 Å². The Morgan fingerprint density at radius 2 is 2.17 bits per heavy atom. The first kappa shape index (κ1) is 11.8. The van der Waals surface area contributed by atoms with E-state index in [0.717, 1.165) is 6.42 Å². The third kappa shape index (κ3) is 1.91. The second-order valence-corrected chi connectivity index (χ2v) is 2.94. The van der Waals surface area contributed by atoms with Gasteiger partial charge >= 0.3 is 0 Å². The molecule has 0 spiro atoms. The molecule has 1 heterocycles. The molecule has 0 saturated heterocycles. The fourth-order valence-electron chi connectivity index (χ4n) is 1.28. The monoisotopic (exact) mass is 209 g/mol. The maximum absolute atomic E-state index is 5.69. The van der Waals surface area contributed by atoms with E-state index in [-0.39, 0.29) is 24.8 Å². The SMILES string of the molecule is Cl.Cl.Cn1cncc1[C@@H]1C[C@H]1N. The number of aryl methyl sites for hydroxylation is 1. The van der Waals surface area contributed by atoms with Crippen molar-refractivity contribution in [2.75, 3.05) is 0 Å². The molecule has 12 heavy (non-hydrogen) atoms. The van der Waals surface area contributed by atoms with Gasteiger partial charge in [-0.15, -0.1) is 24.8 Å². The van der Waals surface area contributed by atoms with Crippen LogP contribution in [0, 0.1) is 0 Å². The lowest BCUT2D eigenvalue weighted by Crippen LogP contribution is -2.03. The second kappa shape index (κ2) is 4.12. The fraction of sp³-hybridized carbons (Fsp3) is 0.571. The largest absolute Gasteiger partial charge is 0.337 e. The van der Waals surface area contributed by atoms with Gasteiger partial charge in [-0.25, -0.2) is 4.98 Å². The highest BCUT2D eigenvalue weighted by molar-refractivity contribution is 5.85. The lowest BCUT2D eigenvalue weighted by molar-refractivity contribution is 0.810. The van der Waals surface area contributed by atoms with Gasteiger partial charge in [-0.2, -0.15) is 0 Å². The molecular weight excluding hydrogens is 197 g/mol. The Kier molecular flexibility index (Phi) is 4.03. The van der Waals surface area contributed by atoms with Crippen LogP contribution in [0.2, 0.25) is 0 Å². The minimum absolute atomic E-state index is 0. The number of aromatic nitrogens is 2. The Morgan fingerprint density at radius 3 is 2.50 bits per heavy atom. The van der Waals surface area contributed by atoms with Gasteiger partial charge in [0.2, 0.25) is 0 Å². The fourth-order valence-corrected chi connectivity index (χ4v) is 1.28. The molecule has 0 bridgehead atoms. The number of hydrogen-bond donors (Lipinski definition) is 1. The van der Waals surface area contributed by atoms with Gasteiger partial charge in [-0.3, -0.25) is 0 Å². The van der Waals surface area contributed by atoms with Gasteiger partial charge in [0.05, 0.1) is 6.33 Å². The van der Waals surface area contributed by atoms with E-state index in [9.17, 15) is 0 Å². The maximum atomic E-state index is 5.69. The number of nitrogens with two attached hydrogens (primary N) is 1. The lowest BCUT2D eigenvalue weighted by atomic mass is 10.3. The van der Waals surface area contributed by atoms with E-state index in [0.29, 0.717) is 12.0 Å². The molecule has 1 aromatic heterocycles. The average Bonchev–Trinajstić information content (AvgIpc) is 2.42. The number of rotatable bonds is 1. The molecule has 0 aliphatic heterocycles. The van der Waals surface area contributed by atoms with Crippen molar-refractivity contribution < 1.29 is 0 Å². The van der Waals surface area contributed by atoms with Crippen molar-refractivity contribution >= 4 is 24.8 Å². The highest BCUT2D eigenvalue weighted by atomic mass is 35.5. The van der Waals surface area contributed by atoms with Crippen LogP contribution in [-0.2, 0) is 7.05 Å². The Hall–Kier alpha value is -0.250. The summed E-state index contributed by atoms with van der Waals surface area (Å²) in [7, 11) is 2.01. The van der Waals surface area contributed by atoms with Crippen molar-refractivity contribution in [3.63, 3.8) is 0 Å². The van der Waals surface area contributed by atoms with Crippen molar-refractivity contribution in [2.45, 2.75) is 18.4 Å². The van der Waals surface area contributed by atoms with Gasteiger partial charge in [0.25, 0.3) is 0 Å². The summed E-state index contributed by atoms with van der Waals surface area (Å²) in [6.45, 7) is 0. The third-order valence-corrected chi connectivity index (χ3v) is 2.07. The molecule has 1 fully saturated rings. The molecule has 1 aliphatic rings. The van der Waals surface area contributed by atoms with Crippen molar-refractivity contribution in [3.05, 3.63) is 18.2 Å². The van der Waals surface area contributed by atoms with Crippen molar-refractivity contribution in [1.29, 1.82) is 0 Å². The van der Waals surface area contributed by atoms with E-state index in [1.54, 1.807) is 0 Å². The van der Waals surface area contributed by atoms with Crippen LogP contribution >= 0.6 is 24.8 Å². The first-order chi connectivity index (χ1) is 4.79. The van der Waals surface area contributed by atoms with Gasteiger partial charge in [0, 0.05) is 30.9 Å². The third-order valence-electron chi connectivity index (χ3n) is 2.07. The van der Waals surface area contributed by atoms with Crippen LogP contribution in [-0.4, -0.2) is 15.6 Å². The Labute approximate surface area is 84.2 Å². The summed E-state index contributed by atoms with van der Waals surface area (Å²) in [6, 6.07) is 0.385. The molecule has 2 N–H and O–H groups in total. The predicted molar refractivity (Wildman–Crippen MR) is 53.0 cm³/mol. The van der Waals surface area contributed by atoms with Crippen molar-refractivity contribution in [2.24, 2.45) is 12.8 Å². The van der Waals surface area contributed by atoms with Gasteiger partial charge in [-0.1, -0.05) is 0 Å². The molecule has 5 heteroatoms. The topological polar surface area (TPSA) is 43.8 Å². The van der Waals surface area contributed by atoms with E-state index in [1.807, 2.05) is 24.1 Å². The minimum atomic E-state index is 0. The molecular formula is C7H13Cl2N3. The van der Waals surface area contributed by atoms with Crippen LogP contribution in [0.5, 0.6) is 0 Å². The first-order valence-corrected chi connectivity index (χ1v) is 3.51. The highest BCUT2D eigenvalue weighted by Gasteiger charge is 2.36. The van der Waals surface area contributed by atoms with Crippen LogP contribution in [0.4, 0.5) is 0 Å². The number of nitrogens with zero attached hydrogens (tertiary/aromatic N) is 2. The zero-order valence-corrected chi connectivity index (χ0v) is 8.44. The smallest absolute Gasteiger partial charge is 0.0945 e. The lowest BCUT2D eigenvalue weighted by Gasteiger charge is -1.96. The average molecular weight is 210 g/mol. The Bertz CT molecular complexity index is 249. The van der Waals surface area contributed by atoms with E-state index < -0.39 is 0 Å². The normalized spacial score (nSPS) is 25.5. The number of halogens is 2. The molecule has 1 aromatic rings. The molecule has 3 nitrogen and oxygen atoms in total. The number of imidazole rings is 1. The first-order valence-electron chi connectivity index (χ1n) is 3.51. The second-order valence-electron chi connectivity index (χ2n) is 2.94. The standard InChI is InChI=1S/C7H11N3.2ClH/c1-10-4-9-3-7(10)5-2-6(5)8;;/h3-6H,2,8H2,1H3;2*1H/t5-,6-;;/m1../s1. The zero-order chi connectivity index (χ0) is 7.14. The summed E-state index contributed by atoms with van der Waals surface area (Å²) in [4.78, 5) is 4.02. The minimum Gasteiger partial charge on any atom is -0.337 e. The Morgan fingerprint density at radius 1 is 1.58 bits per heavy atom. The maximum Gasteiger partial charge on any atom is 0.0945 e. The molecule has 0 radical (unpaired) electrons. The Balaban J connectivity index is 0.000000605. The molecule has 0 aromatic carbocycles. The van der Waals surface area contributed by atoms with Gasteiger partial charge < -0.3 is 10.3 Å². The summed E-state index contributed by atoms with van der Waals surface area (Å²) in [5, 5.41) is 0. The van der Waals surface area contributed by atoms with Crippen LogP contribution < -0.4 is 5.73 Å². The highest BCUT2D eigenvalue weighted by Crippen LogP contribution is 2.38. The molecule has 0 amide bonds. The van der Waals surface area contributed by atoms with Gasteiger partial charge in [0.15, 0.2) is 0 Å². The molecule has 1 aliphatic carbocycles. The molecule has 2 rings (SSSR count). The summed E-state index contributed by atoms with van der Waals surface area (Å²) in [5.41, 5.74) is 6.96. The van der Waals surface area contributed by atoms with E-state index >= 15 is 0 Å². The van der Waals surface area contributed by atoms with E-state index in [4.69, 9.17) is 5.73 Å². The van der Waals surface area contributed by atoms with Gasteiger partial charge in [0.1, 0.15) is 0 Å². The predicted octanol–water partition coefficient (Wildman–Crippen LogP) is 1.08. The zero-order valence-electron chi connectivity index (χ0n) is 6.80. The molecule has 2 atom stereocenters. The molecule has 70 valence electrons. The van der Waals surface area contributed by atoms with Gasteiger partial charge in [-0.05, 0) is 6.42 Å². The van der Waals surface area contributed by atoms with Crippen LogP contribution in [0.25, 0.3) is 0 Å². The van der Waals surface area contributed by atoms with Crippen LogP contribution in [0.1, 0.15) is 18.0 Å². The van der Waals surface area contributed by atoms with Crippen LogP contribution in [0.3, 0.4) is 0 Å². The summed E-state index contributed by atoms with van der Waals surface area (Å²) < 4.78 is 2.04. The summed E-state index contributed by atoms with van der Waals surface area (Å²) >= 11 is 0. The molecule has 1 saturated carbocycles. The summed E-state index contributed by atoms with van der Waals surface area (Å²) in [5.74, 6) is 0.576. The van der Waals surface area contributed by atoms with Crippen LogP contribution in [0.15, 0.2) is 12.5 Å². The quantitative estimate of drug-likeness (QED) is 0.753. The number of hydrogen-bond acceptors (Lipinski definition) is 2. The van der Waals surface area contributed by atoms with E-state index in [2.05, 4.69) is 4.98 Å². The van der Waals surface area contributed by atoms with E-state index in [1.165, 1.54) is 5.69 Å². The summed E-state index contributed by atoms with van der Waals surface area (Å²) in [6.07, 6.45) is 4.84. The van der Waals surface area contributed by atoms with Crippen molar-refractivity contribution in [1.82, 2.24) is 9.55 Å². The molecule has 0 unspecified atom stereocenters.